The van der Waals surface area contributed by atoms with Crippen molar-refractivity contribution in [3.8, 4) is 0 Å². The Morgan fingerprint density at radius 1 is 1.33 bits per heavy atom. The predicted octanol–water partition coefficient (Wildman–Crippen LogP) is 2.07. The van der Waals surface area contributed by atoms with Crippen molar-refractivity contribution in [2.45, 2.75) is 32.1 Å². The molecule has 12 heavy (non-hydrogen) atoms. The third-order valence-corrected chi connectivity index (χ3v) is 2.86. The zero-order chi connectivity index (χ0) is 9.78. The average molecular weight is 213 g/mol. The van der Waals surface area contributed by atoms with Crippen LogP contribution in [0.15, 0.2) is 0 Å². The Bertz CT molecular complexity index is 209. The summed E-state index contributed by atoms with van der Waals surface area (Å²) in [5.74, 6) is 0.671. The molecule has 0 N–H and O–H groups in total. The summed E-state index contributed by atoms with van der Waals surface area (Å²) in [7, 11) is -2.80. The summed E-state index contributed by atoms with van der Waals surface area (Å²) in [6.45, 7) is 3.96. The van der Waals surface area contributed by atoms with Crippen molar-refractivity contribution in [1.82, 2.24) is 0 Å². The summed E-state index contributed by atoms with van der Waals surface area (Å²) in [5, 5.41) is 0.138. The van der Waals surface area contributed by atoms with Crippen molar-refractivity contribution in [3.05, 3.63) is 0 Å². The van der Waals surface area contributed by atoms with Gasteiger partial charge in [-0.3, -0.25) is 0 Å². The van der Waals surface area contributed by atoms with Crippen molar-refractivity contribution >= 4 is 21.4 Å². The van der Waals surface area contributed by atoms with Gasteiger partial charge in [-0.2, -0.15) is 0 Å². The molecule has 74 valence electrons. The van der Waals surface area contributed by atoms with Gasteiger partial charge in [-0.1, -0.05) is 6.92 Å². The van der Waals surface area contributed by atoms with Gasteiger partial charge < -0.3 is 0 Å². The fraction of sp³-hybridized carbons (Fsp3) is 1.00. The van der Waals surface area contributed by atoms with Crippen LogP contribution in [-0.2, 0) is 9.84 Å². The lowest BCUT2D eigenvalue weighted by Crippen LogP contribution is -2.10. The molecule has 0 amide bonds. The number of alkyl halides is 1. The minimum absolute atomic E-state index is 0.138. The number of rotatable bonds is 5. The van der Waals surface area contributed by atoms with Gasteiger partial charge in [0.1, 0.15) is 9.84 Å². The molecule has 0 aromatic heterocycles. The molecule has 4 heteroatoms. The first-order valence-corrected chi connectivity index (χ1v) is 6.62. The molecule has 2 nitrogen and oxygen atoms in total. The fourth-order valence-corrected chi connectivity index (χ4v) is 2.22. The maximum atomic E-state index is 10.8. The summed E-state index contributed by atoms with van der Waals surface area (Å²) in [6.07, 6.45) is 2.87. The molecule has 0 aromatic rings. The van der Waals surface area contributed by atoms with Gasteiger partial charge in [0.25, 0.3) is 0 Å². The molecule has 0 aromatic carbocycles. The van der Waals surface area contributed by atoms with Crippen LogP contribution in [0.5, 0.6) is 0 Å². The van der Waals surface area contributed by atoms with E-state index < -0.39 is 9.84 Å². The molecule has 0 radical (unpaired) electrons. The van der Waals surface area contributed by atoms with Crippen LogP contribution >= 0.6 is 11.6 Å². The second-order valence-electron chi connectivity index (χ2n) is 3.54. The zero-order valence-electron chi connectivity index (χ0n) is 7.88. The van der Waals surface area contributed by atoms with Crippen molar-refractivity contribution in [1.29, 1.82) is 0 Å². The second kappa shape index (κ2) is 5.07. The number of hydrogen-bond donors (Lipinski definition) is 0. The molecule has 0 aliphatic carbocycles. The Kier molecular flexibility index (Phi) is 5.18. The van der Waals surface area contributed by atoms with Gasteiger partial charge in [0.2, 0.25) is 0 Å². The van der Waals surface area contributed by atoms with Gasteiger partial charge >= 0.3 is 0 Å². The summed E-state index contributed by atoms with van der Waals surface area (Å²) < 4.78 is 21.6. The summed E-state index contributed by atoms with van der Waals surface area (Å²) in [6, 6.07) is 0. The van der Waals surface area contributed by atoms with Crippen LogP contribution in [-0.4, -0.2) is 25.8 Å². The average Bonchev–Trinajstić information content (AvgIpc) is 1.80. The molecule has 0 rings (SSSR count). The molecule has 0 aliphatic rings. The Hall–Kier alpha value is 0.240. The molecule has 2 atom stereocenters. The first-order chi connectivity index (χ1) is 5.31. The third-order valence-electron chi connectivity index (χ3n) is 1.71. The lowest BCUT2D eigenvalue weighted by atomic mass is 10.0. The van der Waals surface area contributed by atoms with Gasteiger partial charge in [0.05, 0.1) is 5.75 Å². The second-order valence-corrected chi connectivity index (χ2v) is 6.54. The van der Waals surface area contributed by atoms with E-state index in [2.05, 4.69) is 0 Å². The van der Waals surface area contributed by atoms with Gasteiger partial charge in [-0.25, -0.2) is 8.42 Å². The van der Waals surface area contributed by atoms with E-state index in [1.807, 2.05) is 13.8 Å². The maximum absolute atomic E-state index is 10.8. The highest BCUT2D eigenvalue weighted by Crippen LogP contribution is 2.14. The summed E-state index contributed by atoms with van der Waals surface area (Å²) >= 11 is 5.77. The Balaban J connectivity index is 3.65. The van der Waals surface area contributed by atoms with Crippen molar-refractivity contribution in [2.75, 3.05) is 12.0 Å². The molecule has 0 saturated carbocycles. The van der Waals surface area contributed by atoms with Crippen LogP contribution in [0.1, 0.15) is 26.7 Å². The van der Waals surface area contributed by atoms with E-state index in [4.69, 9.17) is 11.6 Å². The SMILES string of the molecule is CC(Cl)CC(C)CCS(C)(=O)=O. The van der Waals surface area contributed by atoms with E-state index in [9.17, 15) is 8.42 Å². The van der Waals surface area contributed by atoms with Crippen molar-refractivity contribution < 1.29 is 8.42 Å². The smallest absolute Gasteiger partial charge is 0.147 e. The highest BCUT2D eigenvalue weighted by molar-refractivity contribution is 7.90. The van der Waals surface area contributed by atoms with Crippen LogP contribution in [0.2, 0.25) is 0 Å². The van der Waals surface area contributed by atoms with Crippen LogP contribution in [0.25, 0.3) is 0 Å². The molecular formula is C8H17ClO2S. The van der Waals surface area contributed by atoms with E-state index >= 15 is 0 Å². The van der Waals surface area contributed by atoms with E-state index in [0.29, 0.717) is 5.92 Å². The molecule has 0 heterocycles. The number of sulfone groups is 1. The minimum Gasteiger partial charge on any atom is -0.229 e. The fourth-order valence-electron chi connectivity index (χ4n) is 1.09. The van der Waals surface area contributed by atoms with E-state index in [1.165, 1.54) is 6.26 Å². The predicted molar refractivity (Wildman–Crippen MR) is 53.4 cm³/mol. The molecule has 0 bridgehead atoms. The largest absolute Gasteiger partial charge is 0.229 e. The summed E-state index contributed by atoms with van der Waals surface area (Å²) in [5.41, 5.74) is 0. The van der Waals surface area contributed by atoms with E-state index in [-0.39, 0.29) is 11.1 Å². The first-order valence-electron chi connectivity index (χ1n) is 4.13. The Morgan fingerprint density at radius 2 is 1.83 bits per heavy atom. The van der Waals surface area contributed by atoms with Crippen LogP contribution < -0.4 is 0 Å². The first kappa shape index (κ1) is 12.2. The lowest BCUT2D eigenvalue weighted by molar-refractivity contribution is 0.507. The van der Waals surface area contributed by atoms with Crippen LogP contribution in [0.4, 0.5) is 0 Å². The number of hydrogen-bond acceptors (Lipinski definition) is 2. The maximum Gasteiger partial charge on any atom is 0.147 e. The zero-order valence-corrected chi connectivity index (χ0v) is 9.45. The highest BCUT2D eigenvalue weighted by Gasteiger charge is 2.09. The van der Waals surface area contributed by atoms with Gasteiger partial charge in [-0.15, -0.1) is 11.6 Å². The minimum atomic E-state index is -2.80. The van der Waals surface area contributed by atoms with E-state index in [1.54, 1.807) is 0 Å². The molecule has 2 unspecified atom stereocenters. The normalized spacial score (nSPS) is 17.3. The Labute approximate surface area is 80.2 Å². The molecule has 0 fully saturated rings. The Morgan fingerprint density at radius 3 is 2.17 bits per heavy atom. The lowest BCUT2D eigenvalue weighted by Gasteiger charge is -2.11. The standard InChI is InChI=1S/C8H17ClO2S/c1-7(6-8(2)9)4-5-12(3,10)11/h7-8H,4-6H2,1-3H3. The van der Waals surface area contributed by atoms with Crippen molar-refractivity contribution in [3.63, 3.8) is 0 Å². The quantitative estimate of drug-likeness (QED) is 0.654. The van der Waals surface area contributed by atoms with Crippen molar-refractivity contribution in [2.24, 2.45) is 5.92 Å². The molecule has 0 saturated heterocycles. The molecule has 0 aliphatic heterocycles. The van der Waals surface area contributed by atoms with Gasteiger partial charge in [0.15, 0.2) is 0 Å². The van der Waals surface area contributed by atoms with Gasteiger partial charge in [-0.05, 0) is 25.7 Å². The number of halogens is 1. The van der Waals surface area contributed by atoms with Crippen LogP contribution in [0, 0.1) is 5.92 Å². The third kappa shape index (κ3) is 8.34. The highest BCUT2D eigenvalue weighted by atomic mass is 35.5. The molecular weight excluding hydrogens is 196 g/mol. The van der Waals surface area contributed by atoms with Crippen LogP contribution in [0.3, 0.4) is 0 Å². The van der Waals surface area contributed by atoms with Gasteiger partial charge in [0, 0.05) is 11.6 Å². The summed E-state index contributed by atoms with van der Waals surface area (Å²) in [4.78, 5) is 0. The van der Waals surface area contributed by atoms with E-state index in [0.717, 1.165) is 12.8 Å². The molecule has 0 spiro atoms. The monoisotopic (exact) mass is 212 g/mol. The topological polar surface area (TPSA) is 34.1 Å².